The normalized spacial score (nSPS) is 32.4. The van der Waals surface area contributed by atoms with E-state index in [4.69, 9.17) is 18.9 Å². The van der Waals surface area contributed by atoms with Crippen molar-refractivity contribution >= 4 is 40.3 Å². The van der Waals surface area contributed by atoms with E-state index in [1.807, 2.05) is 5.01 Å². The highest BCUT2D eigenvalue weighted by molar-refractivity contribution is 6.23. The number of Topliss-reactive ketones (excluding diaryl/α,β-unsaturated/α-hetero) is 1. The Morgan fingerprint density at radius 3 is 2.22 bits per heavy atom. The second-order valence-electron chi connectivity index (χ2n) is 17.8. The lowest BCUT2D eigenvalue weighted by Gasteiger charge is -2.38. The number of aliphatic hydroxyl groups excluding tert-OH is 2. The van der Waals surface area contributed by atoms with Crippen LogP contribution < -0.4 is 10.1 Å². The molecule has 16 heteroatoms. The van der Waals surface area contributed by atoms with Crippen LogP contribution in [0.15, 0.2) is 41.2 Å². The first-order chi connectivity index (χ1) is 29.8. The Morgan fingerprint density at radius 1 is 0.921 bits per heavy atom. The van der Waals surface area contributed by atoms with E-state index in [1.165, 1.54) is 85.1 Å². The third-order valence-corrected chi connectivity index (χ3v) is 13.5. The van der Waals surface area contributed by atoms with Crippen LogP contribution in [0.2, 0.25) is 0 Å². The van der Waals surface area contributed by atoms with Crippen LogP contribution >= 0.6 is 0 Å². The van der Waals surface area contributed by atoms with Gasteiger partial charge in [0.1, 0.15) is 23.4 Å². The largest absolute Gasteiger partial charge is 0.507 e. The molecule has 16 nitrogen and oxygen atoms in total. The van der Waals surface area contributed by atoms with E-state index in [9.17, 15) is 39.9 Å². The Balaban J connectivity index is 1.47. The van der Waals surface area contributed by atoms with Crippen molar-refractivity contribution in [2.45, 2.75) is 117 Å². The Morgan fingerprint density at radius 2 is 1.59 bits per heavy atom. The van der Waals surface area contributed by atoms with E-state index in [0.29, 0.717) is 19.1 Å². The van der Waals surface area contributed by atoms with Crippen LogP contribution in [-0.2, 0) is 23.8 Å². The minimum atomic E-state index is -2.04. The van der Waals surface area contributed by atoms with Crippen molar-refractivity contribution < 1.29 is 58.9 Å². The van der Waals surface area contributed by atoms with Gasteiger partial charge >= 0.3 is 11.8 Å². The first-order valence-electron chi connectivity index (χ1n) is 21.9. The molecule has 0 aromatic heterocycles. The Kier molecular flexibility index (Phi) is 14.5. The number of hydrazone groups is 1. The fourth-order valence-corrected chi connectivity index (χ4v) is 9.47. The molecule has 344 valence electrons. The van der Waals surface area contributed by atoms with Crippen LogP contribution in [0.4, 0.5) is 5.69 Å². The zero-order valence-electron chi connectivity index (χ0n) is 37.8. The van der Waals surface area contributed by atoms with Gasteiger partial charge in [0, 0.05) is 93.4 Å². The molecule has 5 aliphatic rings. The Labute approximate surface area is 368 Å². The Hall–Kier alpha value is -5.16. The van der Waals surface area contributed by atoms with Crippen molar-refractivity contribution in [3.8, 4) is 23.0 Å². The number of carbonyl (C=O) groups excluding carboxylic acids is 3. The van der Waals surface area contributed by atoms with Gasteiger partial charge in [-0.15, -0.1) is 0 Å². The number of hydrogen-bond donors (Lipinski definition) is 6. The molecular weight excluding hydrogens is 813 g/mol. The molecule has 0 unspecified atom stereocenters. The van der Waals surface area contributed by atoms with Crippen molar-refractivity contribution in [2.75, 3.05) is 38.6 Å². The van der Waals surface area contributed by atoms with Gasteiger partial charge in [-0.2, -0.15) is 5.10 Å². The monoisotopic (exact) mass is 876 g/mol. The highest BCUT2D eigenvalue weighted by Crippen LogP contribution is 2.55. The number of anilines is 1. The molecule has 7 rings (SSSR count). The van der Waals surface area contributed by atoms with E-state index in [2.05, 4.69) is 15.3 Å². The molecule has 6 N–H and O–H groups in total. The molecule has 1 saturated carbocycles. The molecule has 2 aromatic carbocycles. The fraction of sp³-hybridized carbons (Fsp3) is 0.574. The third kappa shape index (κ3) is 9.40. The number of hydrogen-bond acceptors (Lipinski definition) is 15. The standard InChI is InChI=1S/C47H64N4O12/c1-24-13-12-14-25(2)46(59)49-37-32(23-48-51-20-18-50(19-21-51)31-15-10-11-16-31)41(56)34-35(42(37)57)40(55)29(6)44-36(34)45(58)47(8,63-44)61-22-17-33(60-9)26(3)43(62-30(7)52)28(5)39(54)27(4)38(24)53/h12-14,17,22-24,26-28,31,33,38-39,43,53-57H,10-11,15-16,18-21H2,1-9H3,(H,49,59)/b13-12-,22-17-,25-14-,48-23+/t24-,26-,27+,28+,33+,38-,39+,43+,47-/m0/s1. The average molecular weight is 877 g/mol. The van der Waals surface area contributed by atoms with Gasteiger partial charge in [-0.3, -0.25) is 24.3 Å². The minimum absolute atomic E-state index is 0.0631. The maximum atomic E-state index is 14.5. The summed E-state index contributed by atoms with van der Waals surface area (Å²) in [5.41, 5.74) is -0.293. The number of allylic oxidation sites excluding steroid dienone is 2. The molecule has 1 amide bonds. The smallest absolute Gasteiger partial charge is 0.312 e. The molecule has 9 atom stereocenters. The topological polar surface area (TPSA) is 220 Å². The number of aliphatic hydroxyl groups is 2. The molecule has 63 heavy (non-hydrogen) atoms. The van der Waals surface area contributed by atoms with Crippen molar-refractivity contribution in [3.63, 3.8) is 0 Å². The number of ketones is 1. The predicted octanol–water partition coefficient (Wildman–Crippen LogP) is 5.65. The van der Waals surface area contributed by atoms with E-state index < -0.39 is 88.8 Å². The van der Waals surface area contributed by atoms with Crippen LogP contribution in [0.5, 0.6) is 23.0 Å². The number of phenols is 3. The minimum Gasteiger partial charge on any atom is -0.507 e. The summed E-state index contributed by atoms with van der Waals surface area (Å²) in [6, 6.07) is 0.553. The molecule has 0 spiro atoms. The number of nitrogens with zero attached hydrogens (tertiary/aromatic N) is 3. The zero-order chi connectivity index (χ0) is 46.1. The van der Waals surface area contributed by atoms with E-state index in [1.54, 1.807) is 39.8 Å². The third-order valence-electron chi connectivity index (χ3n) is 13.5. The highest BCUT2D eigenvalue weighted by atomic mass is 16.7. The average Bonchev–Trinajstić information content (AvgIpc) is 3.89. The predicted molar refractivity (Wildman–Crippen MR) is 237 cm³/mol. The number of piperazine rings is 1. The number of carbonyl (C=O) groups is 3. The van der Waals surface area contributed by atoms with Crippen LogP contribution in [0.25, 0.3) is 10.8 Å². The van der Waals surface area contributed by atoms with Crippen molar-refractivity contribution in [1.29, 1.82) is 0 Å². The number of nitrogens with one attached hydrogen (secondary N) is 1. The lowest BCUT2D eigenvalue weighted by Crippen LogP contribution is -2.47. The number of phenolic OH excluding ortho intramolecular Hbond substituents is 3. The number of methoxy groups -OCH3 is 1. The van der Waals surface area contributed by atoms with Gasteiger partial charge in [0.05, 0.1) is 53.0 Å². The summed E-state index contributed by atoms with van der Waals surface area (Å²) in [4.78, 5) is 43.2. The van der Waals surface area contributed by atoms with Crippen molar-refractivity contribution in [3.05, 3.63) is 52.8 Å². The zero-order valence-corrected chi connectivity index (χ0v) is 37.8. The number of amides is 1. The number of rotatable bonds is 5. The van der Waals surface area contributed by atoms with Gasteiger partial charge in [-0.25, -0.2) is 0 Å². The van der Waals surface area contributed by atoms with Gasteiger partial charge in [-0.1, -0.05) is 58.8 Å². The van der Waals surface area contributed by atoms with Crippen LogP contribution in [0, 0.1) is 30.6 Å². The number of ether oxygens (including phenoxy) is 4. The number of aromatic hydroxyl groups is 3. The number of benzene rings is 2. The SMILES string of the molecule is CO[C@@H]1/C=C\O[C@@]2(C)Oc3c(C)c(O)c4c(O)c(c(/C=N/N5CCN(C6CCCC6)CC5)c(O)c4c3C2=O)NC(=O)/C(C)=C\C=C/[C@H](C)[C@H](O)[C@@H](C)[C@@H](O)[C@@H](C)[C@H](OC(C)=O)[C@H]1C. The van der Waals surface area contributed by atoms with E-state index >= 15 is 0 Å². The molecule has 4 aliphatic heterocycles. The van der Waals surface area contributed by atoms with Crippen molar-refractivity contribution in [1.82, 2.24) is 9.91 Å². The summed E-state index contributed by atoms with van der Waals surface area (Å²) >= 11 is 0. The van der Waals surface area contributed by atoms with Crippen LogP contribution in [0.3, 0.4) is 0 Å². The molecule has 1 saturated heterocycles. The Bertz CT molecular complexity index is 2190. The molecule has 2 fully saturated rings. The van der Waals surface area contributed by atoms with Gasteiger partial charge in [0.15, 0.2) is 5.75 Å². The van der Waals surface area contributed by atoms with Crippen LogP contribution in [0.1, 0.15) is 95.6 Å². The molecule has 5 bridgehead atoms. The molecule has 2 aromatic rings. The lowest BCUT2D eigenvalue weighted by atomic mass is 9.78. The van der Waals surface area contributed by atoms with Gasteiger partial charge in [0.25, 0.3) is 11.7 Å². The summed E-state index contributed by atoms with van der Waals surface area (Å²) in [5, 5.41) is 67.6. The van der Waals surface area contributed by atoms with E-state index in [-0.39, 0.29) is 44.5 Å². The summed E-state index contributed by atoms with van der Waals surface area (Å²) in [7, 11) is 1.44. The maximum Gasteiger partial charge on any atom is 0.312 e. The number of fused-ring (bicyclic) bond motifs is 14. The highest BCUT2D eigenvalue weighted by Gasteiger charge is 2.50. The summed E-state index contributed by atoms with van der Waals surface area (Å²) in [5.74, 6) is -8.28. The van der Waals surface area contributed by atoms with Gasteiger partial charge in [-0.05, 0) is 32.8 Å². The molecule has 0 radical (unpaired) electrons. The fourth-order valence-electron chi connectivity index (χ4n) is 9.47. The van der Waals surface area contributed by atoms with Gasteiger partial charge < -0.3 is 49.8 Å². The first-order valence-corrected chi connectivity index (χ1v) is 21.9. The van der Waals surface area contributed by atoms with Crippen LogP contribution in [-0.4, -0.2) is 129 Å². The second-order valence-corrected chi connectivity index (χ2v) is 17.8. The molecular formula is C47H64N4O12. The summed E-state index contributed by atoms with van der Waals surface area (Å²) < 4.78 is 23.7. The summed E-state index contributed by atoms with van der Waals surface area (Å²) in [6.07, 6.45) is 9.75. The van der Waals surface area contributed by atoms with E-state index in [0.717, 1.165) is 13.1 Å². The maximum absolute atomic E-state index is 14.5. The van der Waals surface area contributed by atoms with Gasteiger partial charge in [0.2, 0.25) is 0 Å². The molecule has 1 aliphatic carbocycles. The summed E-state index contributed by atoms with van der Waals surface area (Å²) in [6.45, 7) is 15.4. The quantitative estimate of drug-likeness (QED) is 0.0926. The second kappa shape index (κ2) is 19.3. The van der Waals surface area contributed by atoms with Crippen molar-refractivity contribution in [2.24, 2.45) is 28.8 Å². The molecule has 4 heterocycles. The first kappa shape index (κ1) is 47.3. The lowest BCUT2D eigenvalue weighted by molar-refractivity contribution is -0.160. The number of esters is 1.